The Hall–Kier alpha value is -0.730. The highest BCUT2D eigenvalue weighted by molar-refractivity contribution is 5.81. The summed E-state index contributed by atoms with van der Waals surface area (Å²) in [6.45, 7) is 1.51. The van der Waals surface area contributed by atoms with Crippen LogP contribution in [-0.4, -0.2) is 69.0 Å². The lowest BCUT2D eigenvalue weighted by molar-refractivity contribution is -0.148. The summed E-state index contributed by atoms with van der Waals surface area (Å²) in [6, 6.07) is 0. The standard InChI is InChI=1S/C10H21NO6/c1-2-3-4-11-10(17)9(16)8(15)7(14)6(13)5-12/h6-9,12-16H,2-5H2,1H3,(H,11,17)/t6-,7-,8+,9-/m1/s1. The molecule has 102 valence electrons. The molecule has 6 N–H and O–H groups in total. The summed E-state index contributed by atoms with van der Waals surface area (Å²) in [5.74, 6) is -0.824. The minimum atomic E-state index is -1.85. The second-order valence-electron chi connectivity index (χ2n) is 3.82. The Balaban J connectivity index is 4.18. The predicted molar refractivity (Wildman–Crippen MR) is 59.0 cm³/mol. The number of carbonyl (C=O) groups excluding carboxylic acids is 1. The second kappa shape index (κ2) is 8.37. The molecule has 0 bridgehead atoms. The van der Waals surface area contributed by atoms with Crippen LogP contribution >= 0.6 is 0 Å². The molecule has 0 aromatic carbocycles. The molecule has 0 saturated carbocycles. The summed E-state index contributed by atoms with van der Waals surface area (Å²) in [7, 11) is 0. The van der Waals surface area contributed by atoms with Crippen molar-refractivity contribution in [2.45, 2.75) is 44.2 Å². The number of hydrogen-bond acceptors (Lipinski definition) is 6. The lowest BCUT2D eigenvalue weighted by atomic mass is 10.0. The molecule has 0 radical (unpaired) electrons. The van der Waals surface area contributed by atoms with Crippen molar-refractivity contribution in [2.24, 2.45) is 0 Å². The Morgan fingerprint density at radius 1 is 1.18 bits per heavy atom. The number of aliphatic hydroxyl groups is 5. The largest absolute Gasteiger partial charge is 0.394 e. The van der Waals surface area contributed by atoms with E-state index in [1.165, 1.54) is 0 Å². The maximum Gasteiger partial charge on any atom is 0.251 e. The van der Waals surface area contributed by atoms with Crippen molar-refractivity contribution >= 4 is 5.91 Å². The van der Waals surface area contributed by atoms with Gasteiger partial charge in [-0.15, -0.1) is 0 Å². The van der Waals surface area contributed by atoms with Gasteiger partial charge in [0.2, 0.25) is 0 Å². The molecule has 0 aliphatic carbocycles. The SMILES string of the molecule is CCCCNC(=O)[C@H](O)[C@@H](O)[C@H](O)[C@H](O)CO. The molecule has 0 spiro atoms. The van der Waals surface area contributed by atoms with Gasteiger partial charge in [0, 0.05) is 6.54 Å². The molecule has 7 nitrogen and oxygen atoms in total. The Bertz CT molecular complexity index is 225. The zero-order valence-electron chi connectivity index (χ0n) is 9.78. The molecule has 0 rings (SSSR count). The lowest BCUT2D eigenvalue weighted by Gasteiger charge is -2.24. The van der Waals surface area contributed by atoms with Gasteiger partial charge in [-0.3, -0.25) is 4.79 Å². The summed E-state index contributed by atoms with van der Waals surface area (Å²) in [6.07, 6.45) is -5.49. The third-order valence-corrected chi connectivity index (χ3v) is 2.35. The highest BCUT2D eigenvalue weighted by Gasteiger charge is 2.33. The van der Waals surface area contributed by atoms with E-state index in [2.05, 4.69) is 5.32 Å². The molecule has 0 saturated heterocycles. The van der Waals surface area contributed by atoms with E-state index in [-0.39, 0.29) is 0 Å². The first kappa shape index (κ1) is 16.3. The van der Waals surface area contributed by atoms with Gasteiger partial charge in [-0.2, -0.15) is 0 Å². The van der Waals surface area contributed by atoms with E-state index in [0.29, 0.717) is 6.54 Å². The average molecular weight is 251 g/mol. The molecule has 0 unspecified atom stereocenters. The summed E-state index contributed by atoms with van der Waals surface area (Å²) in [5, 5.41) is 48.0. The monoisotopic (exact) mass is 251 g/mol. The minimum absolute atomic E-state index is 0.359. The van der Waals surface area contributed by atoms with Crippen LogP contribution in [0.3, 0.4) is 0 Å². The van der Waals surface area contributed by atoms with Crippen LogP contribution < -0.4 is 5.32 Å². The first-order valence-electron chi connectivity index (χ1n) is 5.56. The number of rotatable bonds is 8. The number of aliphatic hydroxyl groups excluding tert-OH is 5. The maximum absolute atomic E-state index is 11.3. The van der Waals surface area contributed by atoms with E-state index in [1.807, 2.05) is 6.92 Å². The van der Waals surface area contributed by atoms with Crippen molar-refractivity contribution in [1.82, 2.24) is 5.32 Å². The van der Waals surface area contributed by atoms with Crippen LogP contribution in [0.2, 0.25) is 0 Å². The number of nitrogens with one attached hydrogen (secondary N) is 1. The van der Waals surface area contributed by atoms with Crippen LogP contribution in [0.5, 0.6) is 0 Å². The van der Waals surface area contributed by atoms with E-state index in [9.17, 15) is 20.1 Å². The van der Waals surface area contributed by atoms with Crippen LogP contribution in [0.1, 0.15) is 19.8 Å². The minimum Gasteiger partial charge on any atom is -0.394 e. The summed E-state index contributed by atoms with van der Waals surface area (Å²) >= 11 is 0. The molecule has 1 amide bonds. The third-order valence-electron chi connectivity index (χ3n) is 2.35. The van der Waals surface area contributed by atoms with Crippen molar-refractivity contribution in [3.63, 3.8) is 0 Å². The van der Waals surface area contributed by atoms with Crippen LogP contribution in [0.25, 0.3) is 0 Å². The van der Waals surface area contributed by atoms with Gasteiger partial charge in [-0.1, -0.05) is 13.3 Å². The molecule has 0 fully saturated rings. The maximum atomic E-state index is 11.3. The lowest BCUT2D eigenvalue weighted by Crippen LogP contribution is -2.51. The van der Waals surface area contributed by atoms with Crippen molar-refractivity contribution < 1.29 is 30.3 Å². The van der Waals surface area contributed by atoms with Gasteiger partial charge in [-0.05, 0) is 6.42 Å². The fourth-order valence-electron chi connectivity index (χ4n) is 1.17. The molecule has 0 heterocycles. The third kappa shape index (κ3) is 5.42. The summed E-state index contributed by atoms with van der Waals surface area (Å²) in [5.41, 5.74) is 0. The Morgan fingerprint density at radius 3 is 2.24 bits per heavy atom. The van der Waals surface area contributed by atoms with E-state index >= 15 is 0 Å². The van der Waals surface area contributed by atoms with Gasteiger partial charge in [0.25, 0.3) is 5.91 Å². The van der Waals surface area contributed by atoms with Gasteiger partial charge in [-0.25, -0.2) is 0 Å². The van der Waals surface area contributed by atoms with Crippen LogP contribution in [0.4, 0.5) is 0 Å². The summed E-state index contributed by atoms with van der Waals surface area (Å²) < 4.78 is 0. The number of carbonyl (C=O) groups is 1. The number of unbranched alkanes of at least 4 members (excludes halogenated alkanes) is 1. The smallest absolute Gasteiger partial charge is 0.251 e. The van der Waals surface area contributed by atoms with Crippen LogP contribution in [0, 0.1) is 0 Å². The van der Waals surface area contributed by atoms with E-state index in [4.69, 9.17) is 10.2 Å². The predicted octanol–water partition coefficient (Wildman–Crippen LogP) is -2.66. The van der Waals surface area contributed by atoms with Gasteiger partial charge in [0.05, 0.1) is 6.61 Å². The zero-order chi connectivity index (χ0) is 13.4. The van der Waals surface area contributed by atoms with E-state index < -0.39 is 36.9 Å². The second-order valence-corrected chi connectivity index (χ2v) is 3.82. The molecule has 4 atom stereocenters. The zero-order valence-corrected chi connectivity index (χ0v) is 9.78. The molecule has 0 aromatic rings. The van der Waals surface area contributed by atoms with Crippen molar-refractivity contribution in [1.29, 1.82) is 0 Å². The normalized spacial score (nSPS) is 18.2. The Labute approximate surface area is 99.7 Å². The molecule has 0 aromatic heterocycles. The highest BCUT2D eigenvalue weighted by atomic mass is 16.4. The molecular weight excluding hydrogens is 230 g/mol. The average Bonchev–Trinajstić information content (AvgIpc) is 2.35. The number of amides is 1. The van der Waals surface area contributed by atoms with Crippen molar-refractivity contribution in [2.75, 3.05) is 13.2 Å². The van der Waals surface area contributed by atoms with Gasteiger partial charge < -0.3 is 30.8 Å². The van der Waals surface area contributed by atoms with Crippen LogP contribution in [-0.2, 0) is 4.79 Å². The molecular formula is C10H21NO6. The highest BCUT2D eigenvalue weighted by Crippen LogP contribution is 2.05. The quantitative estimate of drug-likeness (QED) is 0.261. The van der Waals surface area contributed by atoms with Gasteiger partial charge in [0.1, 0.15) is 18.3 Å². The van der Waals surface area contributed by atoms with Crippen molar-refractivity contribution in [3.05, 3.63) is 0 Å². The Morgan fingerprint density at radius 2 is 1.76 bits per heavy atom. The molecule has 0 aliphatic rings. The fourth-order valence-corrected chi connectivity index (χ4v) is 1.17. The Kier molecular flexibility index (Phi) is 8.01. The summed E-state index contributed by atoms with van der Waals surface area (Å²) in [4.78, 5) is 11.3. The fraction of sp³-hybridized carbons (Fsp3) is 0.900. The first-order chi connectivity index (χ1) is 7.95. The first-order valence-corrected chi connectivity index (χ1v) is 5.56. The van der Waals surface area contributed by atoms with Gasteiger partial charge in [0.15, 0.2) is 6.10 Å². The topological polar surface area (TPSA) is 130 Å². The molecule has 0 aliphatic heterocycles. The molecule has 17 heavy (non-hydrogen) atoms. The molecule has 7 heteroatoms. The van der Waals surface area contributed by atoms with Crippen LogP contribution in [0.15, 0.2) is 0 Å². The van der Waals surface area contributed by atoms with E-state index in [1.54, 1.807) is 0 Å². The van der Waals surface area contributed by atoms with E-state index in [0.717, 1.165) is 12.8 Å². The van der Waals surface area contributed by atoms with Crippen molar-refractivity contribution in [3.8, 4) is 0 Å². The van der Waals surface area contributed by atoms with Gasteiger partial charge >= 0.3 is 0 Å². The number of hydrogen-bond donors (Lipinski definition) is 6.